The van der Waals surface area contributed by atoms with Crippen LogP contribution >= 0.6 is 0 Å². The van der Waals surface area contributed by atoms with Crippen molar-refractivity contribution in [3.63, 3.8) is 0 Å². The lowest BCUT2D eigenvalue weighted by atomic mass is 10.1. The Balaban J connectivity index is 3.07. The zero-order valence-corrected chi connectivity index (χ0v) is 9.54. The second kappa shape index (κ2) is 5.07. The molecule has 1 N–H and O–H groups in total. The first kappa shape index (κ1) is 12.6. The zero-order chi connectivity index (χ0) is 12.2. The fraction of sp³-hybridized carbons (Fsp3) is 0.300. The largest absolute Gasteiger partial charge is 0.411 e. The van der Waals surface area contributed by atoms with Gasteiger partial charge in [0.25, 0.3) is 0 Å². The molecule has 1 aromatic rings. The van der Waals surface area contributed by atoms with Crippen LogP contribution in [0.3, 0.4) is 0 Å². The minimum atomic E-state index is -3.35. The van der Waals surface area contributed by atoms with E-state index in [0.29, 0.717) is 0 Å². The highest BCUT2D eigenvalue weighted by molar-refractivity contribution is 7.92. The summed E-state index contributed by atoms with van der Waals surface area (Å²) < 4.78 is 36.0. The molecule has 0 amide bonds. The SMILES string of the molecule is CCS(=O)(=O)C/C(=N\O)c1ccccc1F. The van der Waals surface area contributed by atoms with E-state index in [0.717, 1.165) is 0 Å². The normalized spacial score (nSPS) is 12.8. The van der Waals surface area contributed by atoms with Crippen molar-refractivity contribution < 1.29 is 18.0 Å². The van der Waals surface area contributed by atoms with E-state index in [4.69, 9.17) is 5.21 Å². The average molecular weight is 245 g/mol. The van der Waals surface area contributed by atoms with Gasteiger partial charge in [-0.05, 0) is 6.07 Å². The lowest BCUT2D eigenvalue weighted by Crippen LogP contribution is -2.19. The summed E-state index contributed by atoms with van der Waals surface area (Å²) in [6, 6.07) is 5.57. The maximum absolute atomic E-state index is 13.3. The summed E-state index contributed by atoms with van der Waals surface area (Å²) in [7, 11) is -3.35. The van der Waals surface area contributed by atoms with Gasteiger partial charge in [-0.15, -0.1) is 0 Å². The molecule has 6 heteroatoms. The Morgan fingerprint density at radius 1 is 1.44 bits per heavy atom. The van der Waals surface area contributed by atoms with E-state index in [-0.39, 0.29) is 17.0 Å². The van der Waals surface area contributed by atoms with Crippen LogP contribution < -0.4 is 0 Å². The molecule has 1 rings (SSSR count). The zero-order valence-electron chi connectivity index (χ0n) is 8.72. The van der Waals surface area contributed by atoms with Gasteiger partial charge in [-0.3, -0.25) is 0 Å². The molecular weight excluding hydrogens is 233 g/mol. The lowest BCUT2D eigenvalue weighted by molar-refractivity contribution is 0.319. The molecule has 0 aromatic heterocycles. The van der Waals surface area contributed by atoms with Crippen LogP contribution in [-0.2, 0) is 9.84 Å². The van der Waals surface area contributed by atoms with E-state index in [2.05, 4.69) is 5.16 Å². The Hall–Kier alpha value is -1.43. The van der Waals surface area contributed by atoms with Crippen LogP contribution in [0.5, 0.6) is 0 Å². The van der Waals surface area contributed by atoms with Gasteiger partial charge >= 0.3 is 0 Å². The first-order valence-electron chi connectivity index (χ1n) is 4.66. The fourth-order valence-corrected chi connectivity index (χ4v) is 2.00. The first-order valence-corrected chi connectivity index (χ1v) is 6.48. The minimum absolute atomic E-state index is 0.00188. The van der Waals surface area contributed by atoms with Crippen LogP contribution in [-0.4, -0.2) is 30.8 Å². The highest BCUT2D eigenvalue weighted by Crippen LogP contribution is 2.09. The van der Waals surface area contributed by atoms with Crippen molar-refractivity contribution in [2.45, 2.75) is 6.92 Å². The Kier molecular flexibility index (Phi) is 4.00. The summed E-state index contributed by atoms with van der Waals surface area (Å²) in [6.45, 7) is 1.48. The maximum Gasteiger partial charge on any atom is 0.155 e. The van der Waals surface area contributed by atoms with Gasteiger partial charge in [0, 0.05) is 11.3 Å². The number of halogens is 1. The van der Waals surface area contributed by atoms with Crippen molar-refractivity contribution in [3.05, 3.63) is 35.6 Å². The molecule has 4 nitrogen and oxygen atoms in total. The van der Waals surface area contributed by atoms with Gasteiger partial charge < -0.3 is 5.21 Å². The maximum atomic E-state index is 13.3. The molecule has 0 bridgehead atoms. The molecule has 0 heterocycles. The van der Waals surface area contributed by atoms with Gasteiger partial charge in [-0.1, -0.05) is 30.3 Å². The second-order valence-electron chi connectivity index (χ2n) is 3.20. The molecule has 1 aromatic carbocycles. The number of hydrogen-bond donors (Lipinski definition) is 1. The van der Waals surface area contributed by atoms with Crippen LogP contribution in [0.2, 0.25) is 0 Å². The Bertz CT molecular complexity index is 497. The number of benzene rings is 1. The molecule has 0 fully saturated rings. The number of nitrogens with zero attached hydrogens (tertiary/aromatic N) is 1. The van der Waals surface area contributed by atoms with Gasteiger partial charge in [0.1, 0.15) is 11.5 Å². The van der Waals surface area contributed by atoms with E-state index in [1.807, 2.05) is 0 Å². The van der Waals surface area contributed by atoms with E-state index in [1.54, 1.807) is 6.07 Å². The molecule has 0 aliphatic heterocycles. The van der Waals surface area contributed by atoms with Gasteiger partial charge in [-0.25, -0.2) is 12.8 Å². The van der Waals surface area contributed by atoms with Gasteiger partial charge in [0.15, 0.2) is 9.84 Å². The predicted octanol–water partition coefficient (Wildman–Crippen LogP) is 1.44. The second-order valence-corrected chi connectivity index (χ2v) is 5.56. The highest BCUT2D eigenvalue weighted by atomic mass is 32.2. The van der Waals surface area contributed by atoms with E-state index < -0.39 is 21.4 Å². The van der Waals surface area contributed by atoms with E-state index >= 15 is 0 Å². The van der Waals surface area contributed by atoms with Gasteiger partial charge in [0.05, 0.1) is 5.75 Å². The third kappa shape index (κ3) is 3.03. The number of hydrogen-bond acceptors (Lipinski definition) is 4. The summed E-state index contributed by atoms with van der Waals surface area (Å²) in [5, 5.41) is 11.6. The Morgan fingerprint density at radius 3 is 2.56 bits per heavy atom. The van der Waals surface area contributed by atoms with Crippen LogP contribution in [0.25, 0.3) is 0 Å². The fourth-order valence-electron chi connectivity index (χ4n) is 1.17. The molecule has 0 saturated carbocycles. The third-order valence-electron chi connectivity index (χ3n) is 2.10. The molecule has 88 valence electrons. The van der Waals surface area contributed by atoms with Crippen molar-refractivity contribution >= 4 is 15.5 Å². The van der Waals surface area contributed by atoms with Crippen molar-refractivity contribution in [2.24, 2.45) is 5.16 Å². The summed E-state index contributed by atoms with van der Waals surface area (Å²) in [5.74, 6) is -1.16. The van der Waals surface area contributed by atoms with Crippen molar-refractivity contribution in [3.8, 4) is 0 Å². The number of rotatable bonds is 4. The van der Waals surface area contributed by atoms with E-state index in [9.17, 15) is 12.8 Å². The molecule has 0 atom stereocenters. The predicted molar refractivity (Wildman–Crippen MR) is 59.1 cm³/mol. The third-order valence-corrected chi connectivity index (χ3v) is 3.69. The quantitative estimate of drug-likeness (QED) is 0.496. The molecule has 0 aliphatic rings. The smallest absolute Gasteiger partial charge is 0.155 e. The topological polar surface area (TPSA) is 66.7 Å². The van der Waals surface area contributed by atoms with Crippen LogP contribution in [0.1, 0.15) is 12.5 Å². The molecule has 0 aliphatic carbocycles. The summed E-state index contributed by atoms with van der Waals surface area (Å²) in [6.07, 6.45) is 0. The molecule has 0 unspecified atom stereocenters. The molecule has 0 radical (unpaired) electrons. The number of sulfone groups is 1. The minimum Gasteiger partial charge on any atom is -0.411 e. The lowest BCUT2D eigenvalue weighted by Gasteiger charge is -2.05. The van der Waals surface area contributed by atoms with Crippen LogP contribution in [0.15, 0.2) is 29.4 Å². The Morgan fingerprint density at radius 2 is 2.06 bits per heavy atom. The summed E-state index contributed by atoms with van der Waals surface area (Å²) >= 11 is 0. The monoisotopic (exact) mass is 245 g/mol. The van der Waals surface area contributed by atoms with Gasteiger partial charge in [0.2, 0.25) is 0 Å². The average Bonchev–Trinajstić information content (AvgIpc) is 2.27. The molecular formula is C10H12FNO3S. The number of oxime groups is 1. The molecule has 0 spiro atoms. The first-order chi connectivity index (χ1) is 7.50. The van der Waals surface area contributed by atoms with Gasteiger partial charge in [-0.2, -0.15) is 0 Å². The highest BCUT2D eigenvalue weighted by Gasteiger charge is 2.17. The molecule has 0 saturated heterocycles. The van der Waals surface area contributed by atoms with Crippen molar-refractivity contribution in [1.82, 2.24) is 0 Å². The Labute approximate surface area is 93.3 Å². The van der Waals surface area contributed by atoms with Crippen molar-refractivity contribution in [1.29, 1.82) is 0 Å². The van der Waals surface area contributed by atoms with Crippen LogP contribution in [0.4, 0.5) is 4.39 Å². The standard InChI is InChI=1S/C10H12FNO3S/c1-2-16(14,15)7-10(12-13)8-5-3-4-6-9(8)11/h3-6,13H,2,7H2,1H3/b12-10+. The van der Waals surface area contributed by atoms with Crippen molar-refractivity contribution in [2.75, 3.05) is 11.5 Å². The van der Waals surface area contributed by atoms with E-state index in [1.165, 1.54) is 25.1 Å². The summed E-state index contributed by atoms with van der Waals surface area (Å²) in [5.41, 5.74) is -0.179. The van der Waals surface area contributed by atoms with Crippen LogP contribution in [0, 0.1) is 5.82 Å². The molecule has 16 heavy (non-hydrogen) atoms. The summed E-state index contributed by atoms with van der Waals surface area (Å²) in [4.78, 5) is 0.